The van der Waals surface area contributed by atoms with Gasteiger partial charge in [0.1, 0.15) is 23.6 Å². The van der Waals surface area contributed by atoms with Crippen molar-refractivity contribution in [1.29, 1.82) is 10.5 Å². The molecule has 0 aliphatic heterocycles. The van der Waals surface area contributed by atoms with Gasteiger partial charge < -0.3 is 19.3 Å². The van der Waals surface area contributed by atoms with Crippen LogP contribution in [0.15, 0.2) is 57.8 Å². The third kappa shape index (κ3) is 8.88. The molecule has 2 aromatic rings. The predicted molar refractivity (Wildman–Crippen MR) is 165 cm³/mol. The molecule has 0 saturated carbocycles. The van der Waals surface area contributed by atoms with Crippen molar-refractivity contribution >= 4 is 23.8 Å². The van der Waals surface area contributed by atoms with E-state index in [0.29, 0.717) is 22.6 Å². The van der Waals surface area contributed by atoms with E-state index >= 15 is 0 Å². The zero-order chi connectivity index (χ0) is 29.3. The molecule has 2 rings (SSSR count). The summed E-state index contributed by atoms with van der Waals surface area (Å²) in [6.45, 7) is 12.5. The summed E-state index contributed by atoms with van der Waals surface area (Å²) in [6, 6.07) is 15.8. The molecule has 0 heterocycles. The van der Waals surface area contributed by atoms with Gasteiger partial charge in [-0.25, -0.2) is 9.98 Å². The monoisotopic (exact) mass is 542 g/mol. The van der Waals surface area contributed by atoms with Crippen molar-refractivity contribution in [2.75, 3.05) is 50.2 Å². The Morgan fingerprint density at radius 3 is 1.30 bits per heavy atom. The summed E-state index contributed by atoms with van der Waals surface area (Å²) >= 11 is 0. The van der Waals surface area contributed by atoms with Gasteiger partial charge in [0.15, 0.2) is 11.4 Å². The highest BCUT2D eigenvalue weighted by atomic mass is 16.5. The number of methoxy groups -OCH3 is 2. The molecule has 0 saturated heterocycles. The van der Waals surface area contributed by atoms with Gasteiger partial charge in [0.05, 0.1) is 14.2 Å². The zero-order valence-electron chi connectivity index (χ0n) is 24.8. The minimum absolute atomic E-state index is 0.0869. The van der Waals surface area contributed by atoms with Gasteiger partial charge in [0.2, 0.25) is 0 Å². The van der Waals surface area contributed by atoms with Crippen LogP contribution < -0.4 is 19.3 Å². The van der Waals surface area contributed by atoms with Crippen LogP contribution in [0.25, 0.3) is 0 Å². The molecule has 0 spiro atoms. The van der Waals surface area contributed by atoms with Crippen LogP contribution in [0.4, 0.5) is 11.4 Å². The molecule has 212 valence electrons. The lowest BCUT2D eigenvalue weighted by Crippen LogP contribution is -2.24. The van der Waals surface area contributed by atoms with Crippen molar-refractivity contribution < 1.29 is 9.47 Å². The van der Waals surface area contributed by atoms with Gasteiger partial charge in [-0.05, 0) is 49.9 Å². The predicted octanol–water partition coefficient (Wildman–Crippen LogP) is 6.75. The van der Waals surface area contributed by atoms with E-state index in [-0.39, 0.29) is 11.4 Å². The Balaban J connectivity index is 2.37. The first-order chi connectivity index (χ1) is 19.5. The van der Waals surface area contributed by atoms with Gasteiger partial charge in [-0.15, -0.1) is 0 Å². The Labute approximate surface area is 239 Å². The zero-order valence-corrected chi connectivity index (χ0v) is 24.8. The number of nitriles is 2. The fourth-order valence-corrected chi connectivity index (χ4v) is 4.38. The normalized spacial score (nSPS) is 11.7. The summed E-state index contributed by atoms with van der Waals surface area (Å²) < 4.78 is 11.2. The van der Waals surface area contributed by atoms with Crippen LogP contribution in [0.1, 0.15) is 64.5 Å². The smallest absolute Gasteiger partial charge is 0.176 e. The van der Waals surface area contributed by atoms with E-state index in [1.54, 1.807) is 14.2 Å². The largest absolute Gasteiger partial charge is 0.496 e. The average Bonchev–Trinajstić information content (AvgIpc) is 2.98. The maximum absolute atomic E-state index is 9.75. The molecule has 0 atom stereocenters. The van der Waals surface area contributed by atoms with Gasteiger partial charge in [-0.3, -0.25) is 0 Å². The molecule has 8 nitrogen and oxygen atoms in total. The third-order valence-corrected chi connectivity index (χ3v) is 6.24. The fraction of sp³-hybridized carbons (Fsp3) is 0.438. The number of rotatable bonds is 16. The lowest BCUT2D eigenvalue weighted by molar-refractivity contribution is 0.414. The fourth-order valence-electron chi connectivity index (χ4n) is 4.38. The molecule has 0 fully saturated rings. The summed E-state index contributed by atoms with van der Waals surface area (Å²) in [5.41, 5.74) is 3.38. The van der Waals surface area contributed by atoms with E-state index in [9.17, 15) is 10.5 Å². The number of benzene rings is 2. The lowest BCUT2D eigenvalue weighted by atomic mass is 10.1. The van der Waals surface area contributed by atoms with E-state index in [4.69, 9.17) is 9.47 Å². The van der Waals surface area contributed by atoms with Crippen LogP contribution in [0, 0.1) is 22.7 Å². The number of hydrogen-bond acceptors (Lipinski definition) is 8. The number of allylic oxidation sites excluding steroid dienone is 2. The van der Waals surface area contributed by atoms with Crippen LogP contribution in [0.3, 0.4) is 0 Å². The van der Waals surface area contributed by atoms with Crippen molar-refractivity contribution in [1.82, 2.24) is 0 Å². The molecule has 0 unspecified atom stereocenters. The number of anilines is 2. The Morgan fingerprint density at radius 1 is 0.675 bits per heavy atom. The van der Waals surface area contributed by atoms with Gasteiger partial charge in [0.25, 0.3) is 0 Å². The van der Waals surface area contributed by atoms with Crippen LogP contribution >= 0.6 is 0 Å². The molecule has 0 N–H and O–H groups in total. The van der Waals surface area contributed by atoms with Crippen LogP contribution in [-0.4, -0.2) is 52.8 Å². The summed E-state index contributed by atoms with van der Waals surface area (Å²) in [6.07, 6.45) is 7.25. The molecule has 0 aliphatic rings. The van der Waals surface area contributed by atoms with Crippen molar-refractivity contribution in [2.45, 2.75) is 53.4 Å². The second kappa shape index (κ2) is 17.3. The van der Waals surface area contributed by atoms with E-state index in [0.717, 1.165) is 63.2 Å². The Morgan fingerprint density at radius 2 is 1.02 bits per heavy atom. The molecule has 0 amide bonds. The second-order valence-corrected chi connectivity index (χ2v) is 9.26. The Hall–Kier alpha value is -4.30. The molecule has 0 radical (unpaired) electrons. The minimum atomic E-state index is -0.0869. The van der Waals surface area contributed by atoms with Gasteiger partial charge in [0, 0.05) is 73.2 Å². The summed E-state index contributed by atoms with van der Waals surface area (Å²) in [5.74, 6) is 1.28. The summed E-state index contributed by atoms with van der Waals surface area (Å²) in [4.78, 5) is 13.2. The quantitative estimate of drug-likeness (QED) is 0.172. The number of aliphatic imine (C=N–C) groups is 2. The summed E-state index contributed by atoms with van der Waals surface area (Å²) in [5, 5.41) is 19.5. The van der Waals surface area contributed by atoms with Crippen molar-refractivity contribution in [3.63, 3.8) is 0 Å². The van der Waals surface area contributed by atoms with Crippen molar-refractivity contribution in [2.24, 2.45) is 9.98 Å². The van der Waals surface area contributed by atoms with Crippen LogP contribution in [-0.2, 0) is 0 Å². The standard InChI is InChI=1S/C32H42N6O2/c1-7-15-37(16-8-2)27-13-11-25(31(19-27)39-5)23-35-29(21-33)30(22-34)36-24-26-12-14-28(20-32(26)40-6)38(17-9-3)18-10-4/h11-14,19-20,23-24H,7-10,15-18H2,1-6H3/b30-29+,35-23?,36-24?. The number of nitrogens with zero attached hydrogens (tertiary/aromatic N) is 6. The molecular formula is C32H42N6O2. The molecule has 8 heteroatoms. The number of hydrogen-bond donors (Lipinski definition) is 0. The van der Waals surface area contributed by atoms with E-state index < -0.39 is 0 Å². The minimum Gasteiger partial charge on any atom is -0.496 e. The highest BCUT2D eigenvalue weighted by Crippen LogP contribution is 2.27. The molecular weight excluding hydrogens is 500 g/mol. The topological polar surface area (TPSA) is 97.2 Å². The number of ether oxygens (including phenoxy) is 2. The first-order valence-corrected chi connectivity index (χ1v) is 14.0. The van der Waals surface area contributed by atoms with E-state index in [1.807, 2.05) is 48.5 Å². The van der Waals surface area contributed by atoms with Crippen molar-refractivity contribution in [3.8, 4) is 23.6 Å². The second-order valence-electron chi connectivity index (χ2n) is 9.26. The van der Waals surface area contributed by atoms with Crippen LogP contribution in [0.2, 0.25) is 0 Å². The SMILES string of the molecule is CCCN(CCC)c1ccc(C=N/C(C#N)=C(\C#N)N=Cc2ccc(N(CCC)CCC)cc2OC)c(OC)c1. The highest BCUT2D eigenvalue weighted by Gasteiger charge is 2.11. The molecule has 40 heavy (non-hydrogen) atoms. The van der Waals surface area contributed by atoms with Gasteiger partial charge >= 0.3 is 0 Å². The lowest BCUT2D eigenvalue weighted by Gasteiger charge is -2.24. The van der Waals surface area contributed by atoms with Gasteiger partial charge in [-0.1, -0.05) is 27.7 Å². The maximum atomic E-state index is 9.75. The third-order valence-electron chi connectivity index (χ3n) is 6.24. The molecule has 0 bridgehead atoms. The molecule has 2 aromatic carbocycles. The van der Waals surface area contributed by atoms with Gasteiger partial charge in [-0.2, -0.15) is 10.5 Å². The molecule has 0 aliphatic carbocycles. The Bertz CT molecular complexity index is 1160. The first kappa shape index (κ1) is 31.9. The van der Waals surface area contributed by atoms with E-state index in [2.05, 4.69) is 47.5 Å². The maximum Gasteiger partial charge on any atom is 0.176 e. The average molecular weight is 543 g/mol. The highest BCUT2D eigenvalue weighted by molar-refractivity contribution is 5.87. The Kier molecular flexibility index (Phi) is 13.8. The van der Waals surface area contributed by atoms with Crippen LogP contribution in [0.5, 0.6) is 11.5 Å². The summed E-state index contributed by atoms with van der Waals surface area (Å²) in [7, 11) is 3.21. The first-order valence-electron chi connectivity index (χ1n) is 14.0. The molecule has 0 aromatic heterocycles. The van der Waals surface area contributed by atoms with Crippen molar-refractivity contribution in [3.05, 3.63) is 58.9 Å². The van der Waals surface area contributed by atoms with E-state index in [1.165, 1.54) is 12.4 Å².